The molecule has 0 aliphatic carbocycles. The summed E-state index contributed by atoms with van der Waals surface area (Å²) < 4.78 is 32.1. The molecule has 0 saturated carbocycles. The van der Waals surface area contributed by atoms with Crippen LogP contribution in [0.25, 0.3) is 0 Å². The molecule has 1 aliphatic rings. The van der Waals surface area contributed by atoms with Crippen molar-refractivity contribution in [1.82, 2.24) is 5.06 Å². The first-order valence-electron chi connectivity index (χ1n) is 8.62. The summed E-state index contributed by atoms with van der Waals surface area (Å²) in [7, 11) is -4.13. The van der Waals surface area contributed by atoms with E-state index in [1.165, 1.54) is 24.3 Å². The Labute approximate surface area is 167 Å². The van der Waals surface area contributed by atoms with Crippen molar-refractivity contribution in [3.8, 4) is 5.75 Å². The second-order valence-corrected chi connectivity index (χ2v) is 8.19. The molecular formula is C19H18N2O7S. The fourth-order valence-electron chi connectivity index (χ4n) is 2.62. The van der Waals surface area contributed by atoms with Gasteiger partial charge in [-0.3, -0.25) is 14.3 Å². The van der Waals surface area contributed by atoms with Gasteiger partial charge in [-0.05, 0) is 50.2 Å². The molecule has 1 N–H and O–H groups in total. The van der Waals surface area contributed by atoms with Crippen LogP contribution in [0.4, 0.5) is 5.69 Å². The maximum absolute atomic E-state index is 12.2. The number of amides is 2. The summed E-state index contributed by atoms with van der Waals surface area (Å²) >= 11 is 0. The minimum Gasteiger partial charge on any atom is -0.491 e. The summed E-state index contributed by atoms with van der Waals surface area (Å²) in [5, 5.41) is 0.264. The zero-order valence-corrected chi connectivity index (χ0v) is 16.4. The number of hydrogen-bond donors (Lipinski definition) is 1. The van der Waals surface area contributed by atoms with Gasteiger partial charge in [-0.15, -0.1) is 0 Å². The van der Waals surface area contributed by atoms with Crippen LogP contribution in [-0.2, 0) is 19.7 Å². The van der Waals surface area contributed by atoms with Crippen molar-refractivity contribution in [2.45, 2.75) is 20.0 Å². The van der Waals surface area contributed by atoms with Crippen molar-refractivity contribution in [3.63, 3.8) is 0 Å². The molecule has 152 valence electrons. The van der Waals surface area contributed by atoms with Crippen LogP contribution >= 0.6 is 0 Å². The van der Waals surface area contributed by atoms with Gasteiger partial charge in [-0.1, -0.05) is 17.2 Å². The lowest BCUT2D eigenvalue weighted by atomic mass is 10.1. The van der Waals surface area contributed by atoms with Crippen molar-refractivity contribution in [2.24, 2.45) is 0 Å². The largest absolute Gasteiger partial charge is 0.491 e. The Morgan fingerprint density at radius 2 is 1.55 bits per heavy atom. The molecule has 1 aliphatic heterocycles. The van der Waals surface area contributed by atoms with Crippen LogP contribution in [0.15, 0.2) is 48.5 Å². The Kier molecular flexibility index (Phi) is 5.55. The molecule has 9 nitrogen and oxygen atoms in total. The Morgan fingerprint density at radius 3 is 2.07 bits per heavy atom. The Morgan fingerprint density at radius 1 is 1.00 bits per heavy atom. The van der Waals surface area contributed by atoms with Gasteiger partial charge in [0.2, 0.25) is 10.0 Å². The summed E-state index contributed by atoms with van der Waals surface area (Å²) in [4.78, 5) is 41.0. The number of hydroxylamine groups is 2. The number of anilines is 1. The first-order chi connectivity index (χ1) is 13.7. The summed E-state index contributed by atoms with van der Waals surface area (Å²) in [6, 6.07) is 12.0. The molecule has 3 rings (SSSR count). The third kappa shape index (κ3) is 4.72. The van der Waals surface area contributed by atoms with Crippen molar-refractivity contribution >= 4 is 33.5 Å². The van der Waals surface area contributed by atoms with Crippen LogP contribution in [0.2, 0.25) is 0 Å². The first kappa shape index (κ1) is 20.3. The minimum absolute atomic E-state index is 0.0329. The maximum Gasteiger partial charge on any atom is 0.350 e. The molecule has 0 bridgehead atoms. The molecule has 0 saturated heterocycles. The molecule has 2 aromatic rings. The molecule has 2 aromatic carbocycles. The van der Waals surface area contributed by atoms with Crippen LogP contribution in [0.3, 0.4) is 0 Å². The average molecular weight is 418 g/mol. The van der Waals surface area contributed by atoms with E-state index in [9.17, 15) is 22.8 Å². The third-order valence-corrected chi connectivity index (χ3v) is 4.92. The summed E-state index contributed by atoms with van der Waals surface area (Å²) in [5.74, 6) is -3.44. The van der Waals surface area contributed by atoms with E-state index in [1.807, 2.05) is 13.8 Å². The predicted molar refractivity (Wildman–Crippen MR) is 103 cm³/mol. The first-order valence-corrected chi connectivity index (χ1v) is 10.3. The molecule has 0 unspecified atom stereocenters. The lowest BCUT2D eigenvalue weighted by Crippen LogP contribution is -2.35. The Hall–Kier alpha value is -3.40. The molecule has 0 fully saturated rings. The number of carbonyl (C=O) groups excluding carboxylic acids is 3. The van der Waals surface area contributed by atoms with Crippen molar-refractivity contribution in [3.05, 3.63) is 59.7 Å². The van der Waals surface area contributed by atoms with E-state index in [0.717, 1.165) is 0 Å². The molecule has 0 spiro atoms. The van der Waals surface area contributed by atoms with Crippen LogP contribution in [0.1, 0.15) is 34.6 Å². The van der Waals surface area contributed by atoms with Crippen LogP contribution in [-0.4, -0.2) is 43.1 Å². The summed E-state index contributed by atoms with van der Waals surface area (Å²) in [6.45, 7) is 3.72. The lowest BCUT2D eigenvalue weighted by Gasteiger charge is -2.14. The fraction of sp³-hybridized carbons (Fsp3) is 0.211. The van der Waals surface area contributed by atoms with Gasteiger partial charge in [0.05, 0.1) is 17.2 Å². The number of imide groups is 1. The lowest BCUT2D eigenvalue weighted by molar-refractivity contribution is -0.165. The molecule has 2 amide bonds. The monoisotopic (exact) mass is 418 g/mol. The summed E-state index contributed by atoms with van der Waals surface area (Å²) in [5.41, 5.74) is 0.375. The molecule has 0 aromatic heterocycles. The van der Waals surface area contributed by atoms with Gasteiger partial charge in [0.25, 0.3) is 11.8 Å². The second-order valence-electron chi connectivity index (χ2n) is 6.47. The predicted octanol–water partition coefficient (Wildman–Crippen LogP) is 1.97. The number of hydrogen-bond acceptors (Lipinski definition) is 7. The van der Waals surface area contributed by atoms with Crippen LogP contribution in [0, 0.1) is 0 Å². The van der Waals surface area contributed by atoms with Gasteiger partial charge in [0.1, 0.15) is 5.75 Å². The number of nitrogens with one attached hydrogen (secondary N) is 1. The molecule has 0 atom stereocenters. The third-order valence-electron chi connectivity index (χ3n) is 3.76. The zero-order chi connectivity index (χ0) is 21.2. The van der Waals surface area contributed by atoms with Gasteiger partial charge >= 0.3 is 5.97 Å². The number of ether oxygens (including phenoxy) is 1. The number of rotatable bonds is 7. The van der Waals surface area contributed by atoms with E-state index in [2.05, 4.69) is 4.72 Å². The highest BCUT2D eigenvalue weighted by Gasteiger charge is 2.39. The van der Waals surface area contributed by atoms with Crippen molar-refractivity contribution < 1.29 is 32.4 Å². The second kappa shape index (κ2) is 7.92. The smallest absolute Gasteiger partial charge is 0.350 e. The molecular weight excluding hydrogens is 400 g/mol. The molecule has 10 heteroatoms. The van der Waals surface area contributed by atoms with Crippen molar-refractivity contribution in [1.29, 1.82) is 0 Å². The topological polar surface area (TPSA) is 119 Å². The minimum atomic E-state index is -4.13. The van der Waals surface area contributed by atoms with E-state index < -0.39 is 33.6 Å². The molecule has 0 radical (unpaired) electrons. The van der Waals surface area contributed by atoms with Crippen LogP contribution < -0.4 is 9.46 Å². The van der Waals surface area contributed by atoms with E-state index in [0.29, 0.717) is 5.75 Å². The number of fused-ring (bicyclic) bond motifs is 1. The number of sulfonamides is 1. The number of benzene rings is 2. The average Bonchev–Trinajstić information content (AvgIpc) is 2.87. The molecule has 29 heavy (non-hydrogen) atoms. The summed E-state index contributed by atoms with van der Waals surface area (Å²) in [6.07, 6.45) is -0.0329. The zero-order valence-electron chi connectivity index (χ0n) is 15.6. The number of carbonyl (C=O) groups is 3. The van der Waals surface area contributed by atoms with Gasteiger partial charge in [0, 0.05) is 5.69 Å². The quantitative estimate of drug-likeness (QED) is 0.683. The van der Waals surface area contributed by atoms with E-state index in [-0.39, 0.29) is 28.0 Å². The van der Waals surface area contributed by atoms with Gasteiger partial charge in [-0.2, -0.15) is 0 Å². The number of nitrogens with zero attached hydrogens (tertiary/aromatic N) is 1. The van der Waals surface area contributed by atoms with Gasteiger partial charge < -0.3 is 9.57 Å². The van der Waals surface area contributed by atoms with Crippen LogP contribution in [0.5, 0.6) is 5.75 Å². The maximum atomic E-state index is 12.2. The SMILES string of the molecule is CC(C)Oc1ccc(NS(=O)(=O)CC(=O)ON2C(=O)c3ccccc3C2=O)cc1. The van der Waals surface area contributed by atoms with E-state index in [1.54, 1.807) is 24.3 Å². The van der Waals surface area contributed by atoms with E-state index >= 15 is 0 Å². The van der Waals surface area contributed by atoms with Gasteiger partial charge in [-0.25, -0.2) is 13.2 Å². The Bertz CT molecular complexity index is 1030. The van der Waals surface area contributed by atoms with Crippen molar-refractivity contribution in [2.75, 3.05) is 10.5 Å². The normalized spacial score (nSPS) is 13.4. The van der Waals surface area contributed by atoms with Gasteiger partial charge in [0.15, 0.2) is 5.75 Å². The fourth-order valence-corrected chi connectivity index (χ4v) is 3.55. The van der Waals surface area contributed by atoms with E-state index in [4.69, 9.17) is 9.57 Å². The standard InChI is InChI=1S/C19H18N2O7S/c1-12(2)27-14-9-7-13(8-10-14)20-29(25,26)11-17(22)28-21-18(23)15-5-3-4-6-16(15)19(21)24/h3-10,12,20H,11H2,1-2H3. The highest BCUT2D eigenvalue weighted by atomic mass is 32.2. The highest BCUT2D eigenvalue weighted by Crippen LogP contribution is 2.23. The molecule has 1 heterocycles. The Balaban J connectivity index is 1.61. The highest BCUT2D eigenvalue weighted by molar-refractivity contribution is 7.93.